The lowest BCUT2D eigenvalue weighted by Crippen LogP contribution is -2.34. The van der Waals surface area contributed by atoms with Crippen molar-refractivity contribution >= 4 is 12.3 Å². The van der Waals surface area contributed by atoms with Crippen molar-refractivity contribution in [1.82, 2.24) is 4.90 Å². The van der Waals surface area contributed by atoms with E-state index in [0.29, 0.717) is 19.4 Å². The van der Waals surface area contributed by atoms with Crippen molar-refractivity contribution in [3.05, 3.63) is 29.8 Å². The lowest BCUT2D eigenvalue weighted by molar-refractivity contribution is -0.138. The second-order valence-corrected chi connectivity index (χ2v) is 5.03. The molecule has 0 atom stereocenters. The van der Waals surface area contributed by atoms with Gasteiger partial charge in [0.25, 0.3) is 0 Å². The van der Waals surface area contributed by atoms with E-state index < -0.39 is 5.97 Å². The smallest absolute Gasteiger partial charge is 0.317 e. The Kier molecular flexibility index (Phi) is 8.86. The fraction of sp³-hybridized carbons (Fsp3) is 0.500. The number of hydrogen-bond donors (Lipinski definition) is 2. The van der Waals surface area contributed by atoms with Crippen LogP contribution < -0.4 is 10.5 Å². The summed E-state index contributed by atoms with van der Waals surface area (Å²) >= 11 is 0. The van der Waals surface area contributed by atoms with E-state index >= 15 is 0 Å². The Labute approximate surface area is 130 Å². The molecule has 0 radical (unpaired) electrons. The zero-order chi connectivity index (χ0) is 16.2. The van der Waals surface area contributed by atoms with Gasteiger partial charge >= 0.3 is 5.97 Å². The number of hydrogen-bond acceptors (Lipinski definition) is 5. The summed E-state index contributed by atoms with van der Waals surface area (Å²) in [6.07, 6.45) is 3.79. The summed E-state index contributed by atoms with van der Waals surface area (Å²) in [5.41, 5.74) is 6.71. The second-order valence-electron chi connectivity index (χ2n) is 5.03. The average Bonchev–Trinajstić information content (AvgIpc) is 2.49. The topological polar surface area (TPSA) is 92.9 Å². The number of carboxylic acids is 1. The minimum absolute atomic E-state index is 0.0930. The lowest BCUT2D eigenvalue weighted by Gasteiger charge is -2.17. The van der Waals surface area contributed by atoms with Gasteiger partial charge in [0.05, 0.1) is 13.1 Å². The van der Waals surface area contributed by atoms with E-state index in [1.807, 2.05) is 24.3 Å². The third kappa shape index (κ3) is 7.75. The summed E-state index contributed by atoms with van der Waals surface area (Å²) in [5, 5.41) is 8.74. The zero-order valence-corrected chi connectivity index (χ0v) is 12.7. The highest BCUT2D eigenvalue weighted by Crippen LogP contribution is 2.13. The van der Waals surface area contributed by atoms with E-state index in [1.165, 1.54) is 10.5 Å². The van der Waals surface area contributed by atoms with Crippen LogP contribution >= 0.6 is 0 Å². The largest absolute Gasteiger partial charge is 0.492 e. The molecule has 1 aromatic carbocycles. The molecule has 0 unspecified atom stereocenters. The molecule has 122 valence electrons. The molecule has 0 bridgehead atoms. The van der Waals surface area contributed by atoms with Gasteiger partial charge in [-0.2, -0.15) is 0 Å². The first kappa shape index (κ1) is 18.1. The molecule has 0 aliphatic carbocycles. The van der Waals surface area contributed by atoms with Crippen LogP contribution in [0.2, 0.25) is 0 Å². The molecule has 0 saturated heterocycles. The van der Waals surface area contributed by atoms with Gasteiger partial charge in [0, 0.05) is 6.54 Å². The summed E-state index contributed by atoms with van der Waals surface area (Å²) in [5.74, 6) is -0.215. The van der Waals surface area contributed by atoms with Crippen LogP contribution in [-0.2, 0) is 16.0 Å². The van der Waals surface area contributed by atoms with Crippen LogP contribution in [0.1, 0.15) is 18.4 Å². The summed E-state index contributed by atoms with van der Waals surface area (Å²) in [4.78, 5) is 22.7. The number of rotatable bonds is 12. The fourth-order valence-corrected chi connectivity index (χ4v) is 2.05. The molecule has 3 N–H and O–H groups in total. The van der Waals surface area contributed by atoms with Crippen molar-refractivity contribution < 1.29 is 19.4 Å². The quantitative estimate of drug-likeness (QED) is 0.441. The van der Waals surface area contributed by atoms with E-state index in [1.54, 1.807) is 0 Å². The molecule has 0 saturated carbocycles. The van der Waals surface area contributed by atoms with Crippen LogP contribution in [0.5, 0.6) is 5.75 Å². The molecule has 6 heteroatoms. The molecule has 0 aromatic heterocycles. The number of aldehydes is 1. The van der Waals surface area contributed by atoms with Crippen LogP contribution in [0.25, 0.3) is 0 Å². The number of benzene rings is 1. The van der Waals surface area contributed by atoms with E-state index in [0.717, 1.165) is 31.6 Å². The maximum absolute atomic E-state index is 10.7. The normalized spacial score (nSPS) is 10.6. The molecular formula is C16H24N2O4. The molecule has 6 nitrogen and oxygen atoms in total. The first-order valence-corrected chi connectivity index (χ1v) is 7.45. The minimum atomic E-state index is -0.955. The van der Waals surface area contributed by atoms with E-state index in [9.17, 15) is 9.59 Å². The van der Waals surface area contributed by atoms with Crippen molar-refractivity contribution in [3.8, 4) is 5.75 Å². The Bertz CT molecular complexity index is 448. The van der Waals surface area contributed by atoms with Crippen molar-refractivity contribution in [2.45, 2.75) is 19.3 Å². The molecule has 1 aromatic rings. The Morgan fingerprint density at radius 1 is 1.27 bits per heavy atom. The first-order chi connectivity index (χ1) is 10.7. The summed E-state index contributed by atoms with van der Waals surface area (Å²) < 4.78 is 5.57. The van der Waals surface area contributed by atoms with Gasteiger partial charge in [-0.15, -0.1) is 0 Å². The number of unbranched alkanes of at least 4 members (excludes halogenated alkanes) is 1. The summed E-state index contributed by atoms with van der Waals surface area (Å²) in [7, 11) is 0. The molecule has 0 aliphatic rings. The van der Waals surface area contributed by atoms with Crippen molar-refractivity contribution in [2.24, 2.45) is 5.73 Å². The minimum Gasteiger partial charge on any atom is -0.492 e. The molecule has 0 fully saturated rings. The fourth-order valence-electron chi connectivity index (χ4n) is 2.05. The summed E-state index contributed by atoms with van der Waals surface area (Å²) in [6.45, 7) is 1.38. The highest BCUT2D eigenvalue weighted by atomic mass is 16.5. The van der Waals surface area contributed by atoms with Gasteiger partial charge < -0.3 is 20.4 Å². The predicted molar refractivity (Wildman–Crippen MR) is 84.1 cm³/mol. The monoisotopic (exact) mass is 308 g/mol. The highest BCUT2D eigenvalue weighted by molar-refractivity contribution is 5.69. The predicted octanol–water partition coefficient (Wildman–Crippen LogP) is 0.932. The number of carbonyl (C=O) groups is 2. The van der Waals surface area contributed by atoms with Gasteiger partial charge in [0.1, 0.15) is 18.6 Å². The molecule has 22 heavy (non-hydrogen) atoms. The van der Waals surface area contributed by atoms with Crippen LogP contribution in [0.3, 0.4) is 0 Å². The third-order valence-electron chi connectivity index (χ3n) is 3.21. The van der Waals surface area contributed by atoms with Crippen LogP contribution in [0.15, 0.2) is 24.3 Å². The first-order valence-electron chi connectivity index (χ1n) is 7.45. The van der Waals surface area contributed by atoms with Gasteiger partial charge in [0.2, 0.25) is 0 Å². The van der Waals surface area contributed by atoms with E-state index in [-0.39, 0.29) is 13.1 Å². The van der Waals surface area contributed by atoms with Crippen molar-refractivity contribution in [3.63, 3.8) is 0 Å². The number of ether oxygens (including phenoxy) is 1. The average molecular weight is 308 g/mol. The van der Waals surface area contributed by atoms with Crippen molar-refractivity contribution in [2.75, 3.05) is 32.8 Å². The SMILES string of the molecule is NCCCCc1ccc(OCCN(CC=O)CC(=O)O)cc1. The number of nitrogens with two attached hydrogens (primary N) is 1. The van der Waals surface area contributed by atoms with Gasteiger partial charge in [-0.3, -0.25) is 9.69 Å². The maximum Gasteiger partial charge on any atom is 0.317 e. The molecular weight excluding hydrogens is 284 g/mol. The number of nitrogens with zero attached hydrogens (tertiary/aromatic N) is 1. The number of carboxylic acid groups (broad SMARTS) is 1. The number of aryl methyl sites for hydroxylation is 1. The zero-order valence-electron chi connectivity index (χ0n) is 12.7. The van der Waals surface area contributed by atoms with Gasteiger partial charge in [-0.1, -0.05) is 12.1 Å². The second kappa shape index (κ2) is 10.8. The van der Waals surface area contributed by atoms with Gasteiger partial charge in [-0.25, -0.2) is 0 Å². The Morgan fingerprint density at radius 2 is 2.00 bits per heavy atom. The third-order valence-corrected chi connectivity index (χ3v) is 3.21. The van der Waals surface area contributed by atoms with Gasteiger partial charge in [-0.05, 0) is 43.5 Å². The molecule has 1 rings (SSSR count). The number of aliphatic carboxylic acids is 1. The number of carbonyl (C=O) groups excluding carboxylic acids is 1. The molecule has 0 amide bonds. The van der Waals surface area contributed by atoms with Crippen LogP contribution in [0, 0.1) is 0 Å². The van der Waals surface area contributed by atoms with E-state index in [4.69, 9.17) is 15.6 Å². The van der Waals surface area contributed by atoms with Crippen molar-refractivity contribution in [1.29, 1.82) is 0 Å². The lowest BCUT2D eigenvalue weighted by atomic mass is 10.1. The maximum atomic E-state index is 10.7. The highest BCUT2D eigenvalue weighted by Gasteiger charge is 2.08. The van der Waals surface area contributed by atoms with Crippen LogP contribution in [-0.4, -0.2) is 55.0 Å². The van der Waals surface area contributed by atoms with Gasteiger partial charge in [0.15, 0.2) is 0 Å². The Balaban J connectivity index is 2.34. The standard InChI is InChI=1S/C16H24N2O4/c17-8-2-1-3-14-4-6-15(7-5-14)22-12-10-18(9-11-19)13-16(20)21/h4-7,11H,1-3,8-10,12-13,17H2,(H,20,21). The van der Waals surface area contributed by atoms with Crippen LogP contribution in [0.4, 0.5) is 0 Å². The molecule has 0 heterocycles. The molecule has 0 spiro atoms. The summed E-state index contributed by atoms with van der Waals surface area (Å²) in [6, 6.07) is 7.84. The van der Waals surface area contributed by atoms with E-state index in [2.05, 4.69) is 0 Å². The molecule has 0 aliphatic heterocycles. The Hall–Kier alpha value is -1.92. The Morgan fingerprint density at radius 3 is 2.59 bits per heavy atom.